The van der Waals surface area contributed by atoms with Crippen molar-refractivity contribution in [3.05, 3.63) is 0 Å². The van der Waals surface area contributed by atoms with E-state index < -0.39 is 8.32 Å². The first kappa shape index (κ1) is 21.7. The van der Waals surface area contributed by atoms with Gasteiger partial charge in [0.05, 0.1) is 0 Å². The summed E-state index contributed by atoms with van der Waals surface area (Å²) in [7, 11) is -1.67. The van der Waals surface area contributed by atoms with Crippen LogP contribution in [-0.2, 0) is 9.22 Å². The Labute approximate surface area is 140 Å². The summed E-state index contributed by atoms with van der Waals surface area (Å²) in [5.41, 5.74) is 0. The van der Waals surface area contributed by atoms with Crippen molar-refractivity contribution in [1.29, 1.82) is 0 Å². The maximum absolute atomic E-state index is 11.6. The van der Waals surface area contributed by atoms with Gasteiger partial charge in [-0.2, -0.15) is 0 Å². The predicted molar refractivity (Wildman–Crippen MR) is 99.8 cm³/mol. The van der Waals surface area contributed by atoms with Gasteiger partial charge in [-0.1, -0.05) is 84.0 Å². The van der Waals surface area contributed by atoms with E-state index in [0.717, 1.165) is 6.42 Å². The third-order valence-corrected chi connectivity index (χ3v) is 4.74. The van der Waals surface area contributed by atoms with Gasteiger partial charge in [0, 0.05) is 6.42 Å². The largest absolute Gasteiger partial charge is 0.520 e. The van der Waals surface area contributed by atoms with Crippen LogP contribution in [0, 0.1) is 0 Å². The zero-order valence-corrected chi connectivity index (χ0v) is 16.7. The summed E-state index contributed by atoms with van der Waals surface area (Å²) < 4.78 is 5.44. The summed E-state index contributed by atoms with van der Waals surface area (Å²) in [5.74, 6) is 0.0160. The number of hydrogen-bond acceptors (Lipinski definition) is 2. The Kier molecular flexibility index (Phi) is 14.1. The molecule has 0 unspecified atom stereocenters. The molecule has 0 bridgehead atoms. The van der Waals surface area contributed by atoms with Gasteiger partial charge >= 0.3 is 0 Å². The molecule has 0 radical (unpaired) electrons. The van der Waals surface area contributed by atoms with Gasteiger partial charge in [-0.3, -0.25) is 4.79 Å². The molecule has 0 heterocycles. The molecule has 0 saturated heterocycles. The Balaban J connectivity index is 3.16. The van der Waals surface area contributed by atoms with Crippen LogP contribution in [0.25, 0.3) is 0 Å². The van der Waals surface area contributed by atoms with Crippen LogP contribution in [0.2, 0.25) is 19.6 Å². The topological polar surface area (TPSA) is 26.3 Å². The Morgan fingerprint density at radius 2 is 1.05 bits per heavy atom. The van der Waals surface area contributed by atoms with Crippen LogP contribution < -0.4 is 0 Å². The number of carbonyl (C=O) groups excluding carboxylic acids is 1. The SMILES string of the molecule is CCCCCCCCCCCCCCCC(=O)O[Si](C)(C)C. The standard InChI is InChI=1S/C19H40O2Si/c1-5-6-7-8-9-10-11-12-13-14-15-16-17-18-19(20)21-22(2,3)4/h5-18H2,1-4H3. The Bertz CT molecular complexity index is 259. The monoisotopic (exact) mass is 328 g/mol. The van der Waals surface area contributed by atoms with E-state index >= 15 is 0 Å². The molecule has 0 aliphatic rings. The average Bonchev–Trinajstić information content (AvgIpc) is 2.42. The quantitative estimate of drug-likeness (QED) is 0.243. The maximum Gasteiger partial charge on any atom is 0.292 e. The van der Waals surface area contributed by atoms with Crippen molar-refractivity contribution in [1.82, 2.24) is 0 Å². The van der Waals surface area contributed by atoms with Gasteiger partial charge < -0.3 is 4.43 Å². The lowest BCUT2D eigenvalue weighted by Gasteiger charge is -2.17. The molecular formula is C19H40O2Si. The molecule has 0 aromatic heterocycles. The van der Waals surface area contributed by atoms with E-state index in [4.69, 9.17) is 4.43 Å². The third-order valence-electron chi connectivity index (χ3n) is 3.90. The summed E-state index contributed by atoms with van der Waals surface area (Å²) in [6.07, 6.45) is 18.0. The highest BCUT2D eigenvalue weighted by Gasteiger charge is 2.19. The molecule has 0 rings (SSSR count). The molecule has 0 aliphatic carbocycles. The van der Waals surface area contributed by atoms with Gasteiger partial charge in [-0.05, 0) is 26.1 Å². The minimum absolute atomic E-state index is 0.0160. The van der Waals surface area contributed by atoms with Crippen molar-refractivity contribution < 1.29 is 9.22 Å². The van der Waals surface area contributed by atoms with Crippen LogP contribution in [0.4, 0.5) is 0 Å². The fraction of sp³-hybridized carbons (Fsp3) is 0.947. The minimum atomic E-state index is -1.67. The third kappa shape index (κ3) is 17.7. The van der Waals surface area contributed by atoms with Crippen LogP contribution in [0.5, 0.6) is 0 Å². The molecule has 0 saturated carbocycles. The van der Waals surface area contributed by atoms with Gasteiger partial charge in [-0.15, -0.1) is 0 Å². The molecule has 22 heavy (non-hydrogen) atoms. The van der Waals surface area contributed by atoms with Crippen LogP contribution in [-0.4, -0.2) is 14.3 Å². The maximum atomic E-state index is 11.6. The molecular weight excluding hydrogens is 288 g/mol. The van der Waals surface area contributed by atoms with E-state index in [1.165, 1.54) is 77.0 Å². The normalized spacial score (nSPS) is 11.6. The lowest BCUT2D eigenvalue weighted by atomic mass is 10.0. The van der Waals surface area contributed by atoms with Gasteiger partial charge in [0.1, 0.15) is 0 Å². The molecule has 2 nitrogen and oxygen atoms in total. The van der Waals surface area contributed by atoms with Crippen LogP contribution in [0.3, 0.4) is 0 Å². The number of unbranched alkanes of at least 4 members (excludes halogenated alkanes) is 12. The number of rotatable bonds is 15. The van der Waals surface area contributed by atoms with E-state index in [1.54, 1.807) is 0 Å². The molecule has 0 aliphatic heterocycles. The van der Waals surface area contributed by atoms with Gasteiger partial charge in [-0.25, -0.2) is 0 Å². The van der Waals surface area contributed by atoms with E-state index in [1.807, 2.05) is 0 Å². The van der Waals surface area contributed by atoms with Crippen LogP contribution in [0.15, 0.2) is 0 Å². The molecule has 0 spiro atoms. The zero-order chi connectivity index (χ0) is 16.7. The molecule has 0 fully saturated rings. The van der Waals surface area contributed by atoms with Crippen LogP contribution in [0.1, 0.15) is 96.8 Å². The first-order valence-electron chi connectivity index (χ1n) is 9.67. The van der Waals surface area contributed by atoms with E-state index in [9.17, 15) is 4.79 Å². The second-order valence-electron chi connectivity index (χ2n) is 7.58. The minimum Gasteiger partial charge on any atom is -0.520 e. The first-order valence-corrected chi connectivity index (χ1v) is 13.1. The summed E-state index contributed by atoms with van der Waals surface area (Å²) in [5, 5.41) is 0. The van der Waals surface area contributed by atoms with E-state index in [2.05, 4.69) is 26.6 Å². The smallest absolute Gasteiger partial charge is 0.292 e. The Morgan fingerprint density at radius 1 is 0.682 bits per heavy atom. The fourth-order valence-electron chi connectivity index (χ4n) is 2.68. The summed E-state index contributed by atoms with van der Waals surface area (Å²) in [6, 6.07) is 0. The molecule has 0 atom stereocenters. The molecule has 132 valence electrons. The van der Waals surface area contributed by atoms with Crippen molar-refractivity contribution >= 4 is 14.3 Å². The summed E-state index contributed by atoms with van der Waals surface area (Å²) in [6.45, 7) is 8.47. The highest BCUT2D eigenvalue weighted by Crippen LogP contribution is 2.13. The zero-order valence-electron chi connectivity index (χ0n) is 15.7. The molecule has 0 amide bonds. The van der Waals surface area contributed by atoms with E-state index in [0.29, 0.717) is 6.42 Å². The van der Waals surface area contributed by atoms with Crippen molar-refractivity contribution in [2.45, 2.75) is 116 Å². The van der Waals surface area contributed by atoms with Crippen molar-refractivity contribution in [2.24, 2.45) is 0 Å². The molecule has 0 N–H and O–H groups in total. The highest BCUT2D eigenvalue weighted by molar-refractivity contribution is 6.71. The van der Waals surface area contributed by atoms with E-state index in [-0.39, 0.29) is 5.97 Å². The lowest BCUT2D eigenvalue weighted by Crippen LogP contribution is -2.28. The second-order valence-corrected chi connectivity index (χ2v) is 12.0. The molecule has 0 aromatic carbocycles. The first-order chi connectivity index (χ1) is 10.5. The van der Waals surface area contributed by atoms with Gasteiger partial charge in [0.15, 0.2) is 0 Å². The highest BCUT2D eigenvalue weighted by atomic mass is 28.4. The van der Waals surface area contributed by atoms with Crippen LogP contribution >= 0.6 is 0 Å². The van der Waals surface area contributed by atoms with Crippen molar-refractivity contribution in [2.75, 3.05) is 0 Å². The molecule has 0 aromatic rings. The second kappa shape index (κ2) is 14.3. The fourth-order valence-corrected chi connectivity index (χ4v) is 3.46. The Morgan fingerprint density at radius 3 is 1.41 bits per heavy atom. The number of carbonyl (C=O) groups is 1. The summed E-state index contributed by atoms with van der Waals surface area (Å²) in [4.78, 5) is 11.6. The summed E-state index contributed by atoms with van der Waals surface area (Å²) >= 11 is 0. The number of hydrogen-bond donors (Lipinski definition) is 0. The van der Waals surface area contributed by atoms with Gasteiger partial charge in [0.2, 0.25) is 8.32 Å². The van der Waals surface area contributed by atoms with Crippen molar-refractivity contribution in [3.63, 3.8) is 0 Å². The molecule has 3 heteroatoms. The van der Waals surface area contributed by atoms with Crippen molar-refractivity contribution in [3.8, 4) is 0 Å². The van der Waals surface area contributed by atoms with Gasteiger partial charge in [0.25, 0.3) is 5.97 Å². The average molecular weight is 329 g/mol. The lowest BCUT2D eigenvalue weighted by molar-refractivity contribution is -0.135. The predicted octanol–water partition coefficient (Wildman–Crippen LogP) is 6.85. The Hall–Kier alpha value is -0.313.